The average Bonchev–Trinajstić information content (AvgIpc) is 2.28. The first-order chi connectivity index (χ1) is 8.09. The van der Waals surface area contributed by atoms with Crippen molar-refractivity contribution in [3.05, 3.63) is 28.8 Å². The third-order valence-corrected chi connectivity index (χ3v) is 3.69. The van der Waals surface area contributed by atoms with Gasteiger partial charge in [-0.1, -0.05) is 0 Å². The van der Waals surface area contributed by atoms with Crippen molar-refractivity contribution in [1.29, 1.82) is 0 Å². The van der Waals surface area contributed by atoms with E-state index < -0.39 is 0 Å². The molecule has 0 bridgehead atoms. The van der Waals surface area contributed by atoms with Crippen molar-refractivity contribution in [2.45, 2.75) is 32.7 Å². The SMILES string of the molecule is Cc1cc(O)cc(C)c1[C@@H](N)C1CCOCC1. The molecular weight excluding hydrogens is 214 g/mol. The largest absolute Gasteiger partial charge is 0.508 e. The lowest BCUT2D eigenvalue weighted by atomic mass is 9.84. The zero-order valence-electron chi connectivity index (χ0n) is 10.6. The van der Waals surface area contributed by atoms with Crippen LogP contribution in [-0.4, -0.2) is 18.3 Å². The Kier molecular flexibility index (Phi) is 3.69. The van der Waals surface area contributed by atoms with Gasteiger partial charge in [-0.05, 0) is 61.4 Å². The van der Waals surface area contributed by atoms with Crippen molar-refractivity contribution in [2.75, 3.05) is 13.2 Å². The van der Waals surface area contributed by atoms with E-state index in [4.69, 9.17) is 10.5 Å². The van der Waals surface area contributed by atoms with Crippen LogP contribution in [0.2, 0.25) is 0 Å². The van der Waals surface area contributed by atoms with Crippen molar-refractivity contribution in [3.63, 3.8) is 0 Å². The van der Waals surface area contributed by atoms with E-state index in [2.05, 4.69) is 0 Å². The molecule has 0 unspecified atom stereocenters. The number of aryl methyl sites for hydroxylation is 2. The standard InChI is InChI=1S/C14H21NO2/c1-9-7-12(16)8-10(2)13(9)14(15)11-3-5-17-6-4-11/h7-8,11,14,16H,3-6,15H2,1-2H3/t14-/m0/s1. The summed E-state index contributed by atoms with van der Waals surface area (Å²) in [5.41, 5.74) is 9.74. The maximum atomic E-state index is 9.55. The van der Waals surface area contributed by atoms with Crippen LogP contribution in [0.4, 0.5) is 0 Å². The maximum Gasteiger partial charge on any atom is 0.116 e. The minimum atomic E-state index is 0.0551. The number of nitrogens with two attached hydrogens (primary N) is 1. The first kappa shape index (κ1) is 12.4. The van der Waals surface area contributed by atoms with Crippen molar-refractivity contribution < 1.29 is 9.84 Å². The molecule has 0 aromatic heterocycles. The third-order valence-electron chi connectivity index (χ3n) is 3.69. The Balaban J connectivity index is 2.26. The minimum absolute atomic E-state index is 0.0551. The number of hydrogen-bond acceptors (Lipinski definition) is 3. The van der Waals surface area contributed by atoms with E-state index in [0.29, 0.717) is 11.7 Å². The molecule has 1 aliphatic heterocycles. The summed E-state index contributed by atoms with van der Waals surface area (Å²) in [6.45, 7) is 5.66. The quantitative estimate of drug-likeness (QED) is 0.827. The molecule has 1 aromatic carbocycles. The zero-order chi connectivity index (χ0) is 12.4. The molecule has 1 aliphatic rings. The molecule has 1 saturated heterocycles. The van der Waals surface area contributed by atoms with Crippen LogP contribution in [-0.2, 0) is 4.74 Å². The molecule has 1 atom stereocenters. The van der Waals surface area contributed by atoms with Crippen LogP contribution >= 0.6 is 0 Å². The Morgan fingerprint density at radius 2 is 1.76 bits per heavy atom. The second-order valence-corrected chi connectivity index (χ2v) is 4.97. The van der Waals surface area contributed by atoms with Gasteiger partial charge in [0.05, 0.1) is 0 Å². The molecule has 2 rings (SSSR count). The van der Waals surface area contributed by atoms with E-state index in [1.807, 2.05) is 13.8 Å². The average molecular weight is 235 g/mol. The second-order valence-electron chi connectivity index (χ2n) is 4.97. The minimum Gasteiger partial charge on any atom is -0.508 e. The number of phenols is 1. The van der Waals surface area contributed by atoms with Crippen molar-refractivity contribution in [3.8, 4) is 5.75 Å². The Labute approximate surface area is 103 Å². The van der Waals surface area contributed by atoms with Gasteiger partial charge in [0.15, 0.2) is 0 Å². The van der Waals surface area contributed by atoms with E-state index in [9.17, 15) is 5.11 Å². The van der Waals surface area contributed by atoms with E-state index in [1.54, 1.807) is 12.1 Å². The van der Waals surface area contributed by atoms with Crippen LogP contribution in [0.1, 0.15) is 35.6 Å². The molecule has 94 valence electrons. The maximum absolute atomic E-state index is 9.55. The topological polar surface area (TPSA) is 55.5 Å². The molecule has 3 heteroatoms. The van der Waals surface area contributed by atoms with Gasteiger partial charge in [-0.2, -0.15) is 0 Å². The van der Waals surface area contributed by atoms with Gasteiger partial charge in [-0.3, -0.25) is 0 Å². The predicted molar refractivity (Wildman–Crippen MR) is 68.1 cm³/mol. The first-order valence-electron chi connectivity index (χ1n) is 6.23. The lowest BCUT2D eigenvalue weighted by Gasteiger charge is -2.29. The summed E-state index contributed by atoms with van der Waals surface area (Å²) in [5, 5.41) is 9.55. The molecule has 17 heavy (non-hydrogen) atoms. The molecule has 3 N–H and O–H groups in total. The van der Waals surface area contributed by atoms with Crippen LogP contribution in [0, 0.1) is 19.8 Å². The Hall–Kier alpha value is -1.06. The van der Waals surface area contributed by atoms with Crippen molar-refractivity contribution in [1.82, 2.24) is 0 Å². The molecule has 1 aromatic rings. The number of rotatable bonds is 2. The Morgan fingerprint density at radius 1 is 1.24 bits per heavy atom. The molecule has 3 nitrogen and oxygen atoms in total. The van der Waals surface area contributed by atoms with Crippen molar-refractivity contribution in [2.24, 2.45) is 11.7 Å². The molecular formula is C14H21NO2. The lowest BCUT2D eigenvalue weighted by molar-refractivity contribution is 0.0582. The summed E-state index contributed by atoms with van der Waals surface area (Å²) in [4.78, 5) is 0. The summed E-state index contributed by atoms with van der Waals surface area (Å²) in [5.74, 6) is 0.814. The van der Waals surface area contributed by atoms with Crippen LogP contribution < -0.4 is 5.73 Å². The van der Waals surface area contributed by atoms with E-state index in [-0.39, 0.29) is 6.04 Å². The Bertz CT molecular complexity index is 374. The van der Waals surface area contributed by atoms with Gasteiger partial charge in [-0.15, -0.1) is 0 Å². The highest BCUT2D eigenvalue weighted by atomic mass is 16.5. The van der Waals surface area contributed by atoms with Crippen LogP contribution in [0.15, 0.2) is 12.1 Å². The van der Waals surface area contributed by atoms with Gasteiger partial charge in [0.1, 0.15) is 5.75 Å². The lowest BCUT2D eigenvalue weighted by Crippen LogP contribution is -2.28. The third kappa shape index (κ3) is 2.61. The highest BCUT2D eigenvalue weighted by molar-refractivity contribution is 5.42. The fourth-order valence-electron chi connectivity index (χ4n) is 2.79. The predicted octanol–water partition coefficient (Wildman–Crippen LogP) is 2.44. The number of phenolic OH excluding ortho intramolecular Hbond substituents is 1. The molecule has 0 amide bonds. The summed E-state index contributed by atoms with van der Waals surface area (Å²) in [7, 11) is 0. The zero-order valence-corrected chi connectivity index (χ0v) is 10.6. The van der Waals surface area contributed by atoms with Gasteiger partial charge in [0, 0.05) is 19.3 Å². The first-order valence-corrected chi connectivity index (χ1v) is 6.23. The van der Waals surface area contributed by atoms with Gasteiger partial charge >= 0.3 is 0 Å². The molecule has 0 saturated carbocycles. The van der Waals surface area contributed by atoms with E-state index >= 15 is 0 Å². The second kappa shape index (κ2) is 5.07. The fourth-order valence-corrected chi connectivity index (χ4v) is 2.79. The van der Waals surface area contributed by atoms with Crippen LogP contribution in [0.5, 0.6) is 5.75 Å². The highest BCUT2D eigenvalue weighted by Crippen LogP contribution is 2.33. The van der Waals surface area contributed by atoms with Crippen molar-refractivity contribution >= 4 is 0 Å². The summed E-state index contributed by atoms with van der Waals surface area (Å²) >= 11 is 0. The number of hydrogen-bond donors (Lipinski definition) is 2. The van der Waals surface area contributed by atoms with E-state index in [1.165, 1.54) is 5.56 Å². The molecule has 1 fully saturated rings. The normalized spacial score (nSPS) is 19.2. The molecule has 1 heterocycles. The Morgan fingerprint density at radius 3 is 2.29 bits per heavy atom. The van der Waals surface area contributed by atoms with Crippen LogP contribution in [0.3, 0.4) is 0 Å². The summed E-state index contributed by atoms with van der Waals surface area (Å²) in [6, 6.07) is 3.64. The molecule has 0 radical (unpaired) electrons. The fraction of sp³-hybridized carbons (Fsp3) is 0.571. The monoisotopic (exact) mass is 235 g/mol. The number of aromatic hydroxyl groups is 1. The highest BCUT2D eigenvalue weighted by Gasteiger charge is 2.24. The van der Waals surface area contributed by atoms with Gasteiger partial charge in [0.2, 0.25) is 0 Å². The number of benzene rings is 1. The summed E-state index contributed by atoms with van der Waals surface area (Å²) in [6.07, 6.45) is 2.06. The van der Waals surface area contributed by atoms with Gasteiger partial charge < -0.3 is 15.6 Å². The molecule has 0 aliphatic carbocycles. The van der Waals surface area contributed by atoms with Gasteiger partial charge in [0.25, 0.3) is 0 Å². The number of ether oxygens (including phenoxy) is 1. The summed E-state index contributed by atoms with van der Waals surface area (Å²) < 4.78 is 5.37. The molecule has 0 spiro atoms. The van der Waals surface area contributed by atoms with Crippen LogP contribution in [0.25, 0.3) is 0 Å². The van der Waals surface area contributed by atoms with Gasteiger partial charge in [-0.25, -0.2) is 0 Å². The smallest absolute Gasteiger partial charge is 0.116 e. The van der Waals surface area contributed by atoms with E-state index in [0.717, 1.165) is 37.2 Å².